The van der Waals surface area contributed by atoms with Crippen molar-refractivity contribution < 1.29 is 13.2 Å². The topological polar surface area (TPSA) is 87.3 Å². The molecule has 4 rings (SSSR count). The average molecular weight is 489 g/mol. The van der Waals surface area contributed by atoms with E-state index in [9.17, 15) is 18.0 Å². The molecular weight excluding hydrogens is 460 g/mol. The summed E-state index contributed by atoms with van der Waals surface area (Å²) in [7, 11) is -3.93. The lowest BCUT2D eigenvalue weighted by atomic mass is 10.0. The van der Waals surface area contributed by atoms with Crippen molar-refractivity contribution in [3.05, 3.63) is 111 Å². The smallest absolute Gasteiger partial charge is 0.252 e. The van der Waals surface area contributed by atoms with E-state index >= 15 is 0 Å². The van der Waals surface area contributed by atoms with E-state index in [4.69, 9.17) is 0 Å². The summed E-state index contributed by atoms with van der Waals surface area (Å²) < 4.78 is 28.7. The molecule has 7 heteroatoms. The van der Waals surface area contributed by atoms with Gasteiger partial charge < -0.3 is 4.98 Å². The molecule has 0 fully saturated rings. The molecule has 4 aromatic rings. The van der Waals surface area contributed by atoms with Crippen LogP contribution in [-0.4, -0.2) is 30.0 Å². The van der Waals surface area contributed by atoms with E-state index in [-0.39, 0.29) is 29.3 Å². The van der Waals surface area contributed by atoms with Gasteiger partial charge in [0.1, 0.15) is 0 Å². The molecule has 0 aliphatic heterocycles. The summed E-state index contributed by atoms with van der Waals surface area (Å²) in [4.78, 5) is 27.6. The van der Waals surface area contributed by atoms with Gasteiger partial charge in [0.15, 0.2) is 5.78 Å². The molecule has 6 nitrogen and oxygen atoms in total. The first-order chi connectivity index (χ1) is 16.7. The van der Waals surface area contributed by atoms with Gasteiger partial charge in [0, 0.05) is 29.6 Å². The first kappa shape index (κ1) is 24.6. The number of H-pyrrole nitrogens is 1. The van der Waals surface area contributed by atoms with Crippen LogP contribution in [0.5, 0.6) is 0 Å². The third-order valence-corrected chi connectivity index (χ3v) is 8.12. The van der Waals surface area contributed by atoms with Crippen LogP contribution in [0.2, 0.25) is 0 Å². The van der Waals surface area contributed by atoms with Gasteiger partial charge in [0.05, 0.1) is 10.4 Å². The van der Waals surface area contributed by atoms with Gasteiger partial charge in [-0.2, -0.15) is 4.31 Å². The highest BCUT2D eigenvalue weighted by molar-refractivity contribution is 7.89. The standard InChI is InChI=1S/C28H28N2O4S/c1-19-9-10-20(2)27-26(19)17-24(28(32)29-27)18-30(16-15-22-7-5-4-6-8-22)35(33,34)25-13-11-23(12-14-25)21(3)31/h4-14,17H,15-16,18H2,1-3H3,(H,29,32). The summed E-state index contributed by atoms with van der Waals surface area (Å²) in [5, 5.41) is 0.894. The van der Waals surface area contributed by atoms with Crippen LogP contribution >= 0.6 is 0 Å². The lowest BCUT2D eigenvalue weighted by Gasteiger charge is -2.23. The first-order valence-corrected chi connectivity index (χ1v) is 12.9. The number of aromatic nitrogens is 1. The van der Waals surface area contributed by atoms with Crippen molar-refractivity contribution in [2.45, 2.75) is 38.6 Å². The Morgan fingerprint density at radius 3 is 2.23 bits per heavy atom. The summed E-state index contributed by atoms with van der Waals surface area (Å²) in [6.07, 6.45) is 0.495. The molecule has 0 radical (unpaired) electrons. The van der Waals surface area contributed by atoms with Crippen molar-refractivity contribution in [3.63, 3.8) is 0 Å². The third-order valence-electron chi connectivity index (χ3n) is 6.26. The number of carbonyl (C=O) groups excluding carboxylic acids is 1. The molecule has 0 amide bonds. The number of rotatable bonds is 8. The first-order valence-electron chi connectivity index (χ1n) is 11.4. The predicted molar refractivity (Wildman–Crippen MR) is 138 cm³/mol. The minimum atomic E-state index is -3.93. The minimum absolute atomic E-state index is 0.0672. The Hall–Kier alpha value is -3.55. The third kappa shape index (κ3) is 5.26. The highest BCUT2D eigenvalue weighted by Gasteiger charge is 2.26. The summed E-state index contributed by atoms with van der Waals surface area (Å²) in [6.45, 7) is 5.46. The largest absolute Gasteiger partial charge is 0.321 e. The number of fused-ring (bicyclic) bond motifs is 1. The summed E-state index contributed by atoms with van der Waals surface area (Å²) in [6, 6.07) is 21.3. The van der Waals surface area contributed by atoms with E-state index in [0.717, 1.165) is 27.6 Å². The van der Waals surface area contributed by atoms with Crippen LogP contribution in [0, 0.1) is 13.8 Å². The van der Waals surface area contributed by atoms with Crippen LogP contribution in [-0.2, 0) is 23.0 Å². The van der Waals surface area contributed by atoms with Crippen molar-refractivity contribution in [1.29, 1.82) is 0 Å². The second-order valence-electron chi connectivity index (χ2n) is 8.77. The van der Waals surface area contributed by atoms with Crippen molar-refractivity contribution in [3.8, 4) is 0 Å². The SMILES string of the molecule is CC(=O)c1ccc(S(=O)(=O)N(CCc2ccccc2)Cc2cc3c(C)ccc(C)c3[nH]c2=O)cc1. The molecular formula is C28H28N2O4S. The number of hydrogen-bond acceptors (Lipinski definition) is 4. The highest BCUT2D eigenvalue weighted by Crippen LogP contribution is 2.23. The van der Waals surface area contributed by atoms with Gasteiger partial charge in [0.25, 0.3) is 5.56 Å². The van der Waals surface area contributed by atoms with Gasteiger partial charge in [-0.3, -0.25) is 9.59 Å². The van der Waals surface area contributed by atoms with E-state index in [0.29, 0.717) is 17.5 Å². The van der Waals surface area contributed by atoms with Crippen LogP contribution in [0.4, 0.5) is 0 Å². The molecule has 0 spiro atoms. The van der Waals surface area contributed by atoms with Crippen molar-refractivity contribution >= 4 is 26.7 Å². The number of ketones is 1. The molecule has 0 aliphatic rings. The minimum Gasteiger partial charge on any atom is -0.321 e. The molecule has 180 valence electrons. The second-order valence-corrected chi connectivity index (χ2v) is 10.7. The fraction of sp³-hybridized carbons (Fsp3) is 0.214. The normalized spacial score (nSPS) is 11.8. The van der Waals surface area contributed by atoms with Gasteiger partial charge in [0.2, 0.25) is 10.0 Å². The zero-order chi connectivity index (χ0) is 25.2. The molecule has 3 aromatic carbocycles. The maximum Gasteiger partial charge on any atom is 0.252 e. The predicted octanol–water partition coefficient (Wildman–Crippen LogP) is 4.78. The van der Waals surface area contributed by atoms with Crippen molar-refractivity contribution in [2.24, 2.45) is 0 Å². The number of Topliss-reactive ketones (excluding diaryl/α,β-unsaturated/α-hetero) is 1. The zero-order valence-corrected chi connectivity index (χ0v) is 20.9. The fourth-order valence-electron chi connectivity index (χ4n) is 4.12. The number of pyridine rings is 1. The number of nitrogens with one attached hydrogen (secondary N) is 1. The zero-order valence-electron chi connectivity index (χ0n) is 20.0. The van der Waals surface area contributed by atoms with Gasteiger partial charge in [-0.05, 0) is 62.1 Å². The number of carbonyl (C=O) groups is 1. The molecule has 0 unspecified atom stereocenters. The monoisotopic (exact) mass is 488 g/mol. The summed E-state index contributed by atoms with van der Waals surface area (Å²) in [5.41, 5.74) is 4.23. The Labute approximate surface area is 205 Å². The van der Waals surface area contributed by atoms with E-state index in [1.165, 1.54) is 35.5 Å². The second kappa shape index (κ2) is 9.98. The Morgan fingerprint density at radius 1 is 0.914 bits per heavy atom. The lowest BCUT2D eigenvalue weighted by molar-refractivity contribution is 0.101. The molecule has 0 saturated carbocycles. The quantitative estimate of drug-likeness (QED) is 0.362. The Morgan fingerprint density at radius 2 is 1.57 bits per heavy atom. The number of sulfonamides is 1. The number of aromatic amines is 1. The van der Waals surface area contributed by atoms with E-state index < -0.39 is 10.0 Å². The van der Waals surface area contributed by atoms with Gasteiger partial charge in [-0.1, -0.05) is 54.6 Å². The Kier molecular flexibility index (Phi) is 7.00. The van der Waals surface area contributed by atoms with Crippen LogP contribution < -0.4 is 5.56 Å². The van der Waals surface area contributed by atoms with Gasteiger partial charge in [-0.25, -0.2) is 8.42 Å². The van der Waals surface area contributed by atoms with Gasteiger partial charge in [-0.15, -0.1) is 0 Å². The van der Waals surface area contributed by atoms with Crippen molar-refractivity contribution in [2.75, 3.05) is 6.54 Å². The Balaban J connectivity index is 1.74. The van der Waals surface area contributed by atoms with Crippen molar-refractivity contribution in [1.82, 2.24) is 9.29 Å². The van der Waals surface area contributed by atoms with Crippen LogP contribution in [0.15, 0.2) is 82.5 Å². The Bertz CT molecular complexity index is 1540. The van der Waals surface area contributed by atoms with Crippen LogP contribution in [0.25, 0.3) is 10.9 Å². The average Bonchev–Trinajstić information content (AvgIpc) is 2.85. The summed E-state index contributed by atoms with van der Waals surface area (Å²) >= 11 is 0. The number of benzene rings is 3. The molecule has 35 heavy (non-hydrogen) atoms. The maximum absolute atomic E-state index is 13.7. The highest BCUT2D eigenvalue weighted by atomic mass is 32.2. The van der Waals surface area contributed by atoms with Gasteiger partial charge >= 0.3 is 0 Å². The fourth-order valence-corrected chi connectivity index (χ4v) is 5.54. The molecule has 0 bridgehead atoms. The molecule has 1 aromatic heterocycles. The number of nitrogens with zero attached hydrogens (tertiary/aromatic N) is 1. The number of aryl methyl sites for hydroxylation is 2. The molecule has 1 N–H and O–H groups in total. The van der Waals surface area contributed by atoms with Crippen LogP contribution in [0.1, 0.15) is 39.5 Å². The number of hydrogen-bond donors (Lipinski definition) is 1. The lowest BCUT2D eigenvalue weighted by Crippen LogP contribution is -2.34. The summed E-state index contributed by atoms with van der Waals surface area (Å²) in [5.74, 6) is -0.136. The van der Waals surface area contributed by atoms with E-state index in [1.54, 1.807) is 6.07 Å². The molecule has 0 atom stereocenters. The molecule has 1 heterocycles. The van der Waals surface area contributed by atoms with E-state index in [2.05, 4.69) is 4.98 Å². The van der Waals surface area contributed by atoms with Crippen LogP contribution in [0.3, 0.4) is 0 Å². The molecule has 0 aliphatic carbocycles. The van der Waals surface area contributed by atoms with E-state index in [1.807, 2.05) is 56.3 Å². The molecule has 0 saturated heterocycles. The maximum atomic E-state index is 13.7.